The molecule has 3 atom stereocenters. The summed E-state index contributed by atoms with van der Waals surface area (Å²) in [5.41, 5.74) is 1.17. The number of benzene rings is 1. The van der Waals surface area contributed by atoms with Crippen LogP contribution in [-0.4, -0.2) is 25.4 Å². The van der Waals surface area contributed by atoms with E-state index in [1.165, 1.54) is 5.56 Å². The number of rotatable bonds is 5. The predicted octanol–water partition coefficient (Wildman–Crippen LogP) is 3.73. The Kier molecular flexibility index (Phi) is 4.58. The molecular weight excluding hydrogens is 267 g/mol. The average Bonchev–Trinajstić information content (AvgIpc) is 2.40. The second-order valence-electron chi connectivity index (χ2n) is 5.34. The second kappa shape index (κ2) is 6.04. The number of ether oxygens (including phenoxy) is 1. The molecule has 0 bridgehead atoms. The third-order valence-electron chi connectivity index (χ3n) is 3.95. The molecule has 3 unspecified atom stereocenters. The van der Waals surface area contributed by atoms with Gasteiger partial charge >= 0.3 is 6.18 Å². The summed E-state index contributed by atoms with van der Waals surface area (Å²) in [4.78, 5) is 0. The second-order valence-corrected chi connectivity index (χ2v) is 5.34. The highest BCUT2D eigenvalue weighted by Gasteiger charge is 2.37. The Hall–Kier alpha value is -1.23. The van der Waals surface area contributed by atoms with Crippen molar-refractivity contribution in [2.24, 2.45) is 5.92 Å². The molecule has 20 heavy (non-hydrogen) atoms. The highest BCUT2D eigenvalue weighted by atomic mass is 19.4. The first-order chi connectivity index (χ1) is 9.40. The van der Waals surface area contributed by atoms with Crippen molar-refractivity contribution in [3.63, 3.8) is 0 Å². The minimum absolute atomic E-state index is 0.265. The summed E-state index contributed by atoms with van der Waals surface area (Å²) < 4.78 is 40.8. The zero-order valence-corrected chi connectivity index (χ0v) is 11.7. The van der Waals surface area contributed by atoms with Crippen LogP contribution in [0.1, 0.15) is 31.7 Å². The number of hydrogen-bond acceptors (Lipinski definition) is 2. The zero-order valence-electron chi connectivity index (χ0n) is 11.7. The molecule has 0 spiro atoms. The number of hydrogen-bond donors (Lipinski definition) is 1. The first kappa shape index (κ1) is 15.2. The van der Waals surface area contributed by atoms with Gasteiger partial charge in [-0.2, -0.15) is 13.2 Å². The topological polar surface area (TPSA) is 21.3 Å². The largest absolute Gasteiger partial charge is 0.484 e. The van der Waals surface area contributed by atoms with E-state index in [-0.39, 0.29) is 5.75 Å². The molecule has 1 saturated carbocycles. The van der Waals surface area contributed by atoms with Gasteiger partial charge < -0.3 is 10.1 Å². The van der Waals surface area contributed by atoms with Crippen LogP contribution in [0, 0.1) is 5.92 Å². The SMILES string of the molecule is CCNC1CC(c2ccc(OCC(F)(F)F)cc2)C1C. The zero-order chi connectivity index (χ0) is 14.8. The Labute approximate surface area is 117 Å². The van der Waals surface area contributed by atoms with Gasteiger partial charge in [-0.3, -0.25) is 0 Å². The van der Waals surface area contributed by atoms with Crippen LogP contribution in [0.4, 0.5) is 13.2 Å². The Balaban J connectivity index is 1.89. The number of alkyl halides is 3. The van der Waals surface area contributed by atoms with Gasteiger partial charge in [-0.05, 0) is 42.5 Å². The first-order valence-corrected chi connectivity index (χ1v) is 6.93. The quantitative estimate of drug-likeness (QED) is 0.891. The third kappa shape index (κ3) is 3.66. The molecule has 1 aromatic carbocycles. The molecular formula is C15H20F3NO. The van der Waals surface area contributed by atoms with Crippen LogP contribution in [0.25, 0.3) is 0 Å². The van der Waals surface area contributed by atoms with Crippen LogP contribution >= 0.6 is 0 Å². The fraction of sp³-hybridized carbons (Fsp3) is 0.600. The van der Waals surface area contributed by atoms with E-state index in [1.54, 1.807) is 12.1 Å². The maximum Gasteiger partial charge on any atom is 0.422 e. The van der Waals surface area contributed by atoms with Gasteiger partial charge in [-0.15, -0.1) is 0 Å². The van der Waals surface area contributed by atoms with E-state index >= 15 is 0 Å². The first-order valence-electron chi connectivity index (χ1n) is 6.93. The molecule has 1 aliphatic carbocycles. The maximum absolute atomic E-state index is 12.0. The van der Waals surface area contributed by atoms with Gasteiger partial charge in [0.2, 0.25) is 0 Å². The summed E-state index contributed by atoms with van der Waals surface area (Å²) in [6.07, 6.45) is -3.21. The lowest BCUT2D eigenvalue weighted by Crippen LogP contribution is -2.47. The lowest BCUT2D eigenvalue weighted by atomic mass is 9.67. The number of nitrogens with one attached hydrogen (secondary N) is 1. The Bertz CT molecular complexity index is 430. The van der Waals surface area contributed by atoms with Gasteiger partial charge in [0, 0.05) is 6.04 Å². The monoisotopic (exact) mass is 287 g/mol. The molecule has 0 heterocycles. The van der Waals surface area contributed by atoms with Crippen LogP contribution < -0.4 is 10.1 Å². The standard InChI is InChI=1S/C15H20F3NO/c1-3-19-14-8-13(10(14)2)11-4-6-12(7-5-11)20-9-15(16,17)18/h4-7,10,13-14,19H,3,8-9H2,1-2H3. The molecule has 2 rings (SSSR count). The molecule has 1 aromatic rings. The van der Waals surface area contributed by atoms with Crippen LogP contribution in [-0.2, 0) is 0 Å². The molecule has 1 fully saturated rings. The van der Waals surface area contributed by atoms with E-state index < -0.39 is 12.8 Å². The summed E-state index contributed by atoms with van der Waals surface area (Å²) in [6, 6.07) is 7.53. The van der Waals surface area contributed by atoms with Crippen molar-refractivity contribution in [1.29, 1.82) is 0 Å². The smallest absolute Gasteiger partial charge is 0.422 e. The van der Waals surface area contributed by atoms with E-state index in [4.69, 9.17) is 4.74 Å². The normalized spacial score (nSPS) is 26.1. The van der Waals surface area contributed by atoms with Crippen LogP contribution in [0.2, 0.25) is 0 Å². The molecule has 5 heteroatoms. The Morgan fingerprint density at radius 3 is 2.40 bits per heavy atom. The van der Waals surface area contributed by atoms with Crippen molar-refractivity contribution in [3.8, 4) is 5.75 Å². The highest BCUT2D eigenvalue weighted by molar-refractivity contribution is 5.31. The summed E-state index contributed by atoms with van der Waals surface area (Å²) in [7, 11) is 0. The molecule has 0 aliphatic heterocycles. The molecule has 2 nitrogen and oxygen atoms in total. The van der Waals surface area contributed by atoms with Gasteiger partial charge in [0.1, 0.15) is 5.75 Å². The van der Waals surface area contributed by atoms with Gasteiger partial charge in [0.15, 0.2) is 6.61 Å². The maximum atomic E-state index is 12.0. The fourth-order valence-corrected chi connectivity index (χ4v) is 2.73. The van der Waals surface area contributed by atoms with Crippen molar-refractivity contribution in [1.82, 2.24) is 5.32 Å². The average molecular weight is 287 g/mol. The lowest BCUT2D eigenvalue weighted by molar-refractivity contribution is -0.153. The van der Waals surface area contributed by atoms with Crippen LogP contribution in [0.5, 0.6) is 5.75 Å². The van der Waals surface area contributed by atoms with E-state index in [0.29, 0.717) is 17.9 Å². The molecule has 0 amide bonds. The van der Waals surface area contributed by atoms with Crippen molar-refractivity contribution in [2.75, 3.05) is 13.2 Å². The van der Waals surface area contributed by atoms with Crippen LogP contribution in [0.15, 0.2) is 24.3 Å². The van der Waals surface area contributed by atoms with Gasteiger partial charge in [-0.1, -0.05) is 26.0 Å². The van der Waals surface area contributed by atoms with Crippen molar-refractivity contribution in [2.45, 2.75) is 38.4 Å². The Morgan fingerprint density at radius 1 is 1.25 bits per heavy atom. The van der Waals surface area contributed by atoms with Gasteiger partial charge in [0.05, 0.1) is 0 Å². The highest BCUT2D eigenvalue weighted by Crippen LogP contribution is 2.42. The number of halogens is 3. The molecule has 0 radical (unpaired) electrons. The third-order valence-corrected chi connectivity index (χ3v) is 3.95. The molecule has 0 saturated heterocycles. The van der Waals surface area contributed by atoms with Gasteiger partial charge in [0.25, 0.3) is 0 Å². The summed E-state index contributed by atoms with van der Waals surface area (Å²) in [5, 5.41) is 3.43. The molecule has 112 valence electrons. The minimum atomic E-state index is -4.29. The van der Waals surface area contributed by atoms with Crippen molar-refractivity contribution >= 4 is 0 Å². The van der Waals surface area contributed by atoms with E-state index in [0.717, 1.165) is 13.0 Å². The molecule has 1 aliphatic rings. The van der Waals surface area contributed by atoms with E-state index in [2.05, 4.69) is 19.2 Å². The summed E-state index contributed by atoms with van der Waals surface area (Å²) in [5.74, 6) is 1.30. The fourth-order valence-electron chi connectivity index (χ4n) is 2.73. The lowest BCUT2D eigenvalue weighted by Gasteiger charge is -2.43. The van der Waals surface area contributed by atoms with Gasteiger partial charge in [-0.25, -0.2) is 0 Å². The predicted molar refractivity (Wildman–Crippen MR) is 72.0 cm³/mol. The van der Waals surface area contributed by atoms with E-state index in [9.17, 15) is 13.2 Å². The summed E-state index contributed by atoms with van der Waals surface area (Å²) >= 11 is 0. The van der Waals surface area contributed by atoms with E-state index in [1.807, 2.05) is 12.1 Å². The van der Waals surface area contributed by atoms with Crippen molar-refractivity contribution in [3.05, 3.63) is 29.8 Å². The van der Waals surface area contributed by atoms with Crippen LogP contribution in [0.3, 0.4) is 0 Å². The molecule has 0 aromatic heterocycles. The van der Waals surface area contributed by atoms with Crippen molar-refractivity contribution < 1.29 is 17.9 Å². The molecule has 1 N–H and O–H groups in total. The minimum Gasteiger partial charge on any atom is -0.484 e. The summed E-state index contributed by atoms with van der Waals surface area (Å²) in [6.45, 7) is 4.02. The Morgan fingerprint density at radius 2 is 1.90 bits per heavy atom.